The number of hydrogen-bond donors (Lipinski definition) is 2. The van der Waals surface area contributed by atoms with Crippen LogP contribution in [0, 0.1) is 17.8 Å². The SMILES string of the molecule is NC1CC=CCC2COCC(C(=O)O)C2C1=O. The van der Waals surface area contributed by atoms with Gasteiger partial charge in [0.1, 0.15) is 0 Å². The quantitative estimate of drug-likeness (QED) is 0.638. The van der Waals surface area contributed by atoms with Crippen LogP contribution in [0.4, 0.5) is 0 Å². The maximum Gasteiger partial charge on any atom is 0.309 e. The fourth-order valence-electron chi connectivity index (χ4n) is 2.63. The van der Waals surface area contributed by atoms with E-state index in [1.807, 2.05) is 12.2 Å². The molecule has 1 aliphatic heterocycles. The summed E-state index contributed by atoms with van der Waals surface area (Å²) in [6.45, 7) is 0.552. The van der Waals surface area contributed by atoms with E-state index in [4.69, 9.17) is 15.6 Å². The summed E-state index contributed by atoms with van der Waals surface area (Å²) < 4.78 is 5.29. The molecule has 4 unspecified atom stereocenters. The zero-order valence-corrected chi connectivity index (χ0v) is 9.54. The second-order valence-electron chi connectivity index (χ2n) is 4.72. The summed E-state index contributed by atoms with van der Waals surface area (Å²) in [5.74, 6) is -2.40. The Balaban J connectivity index is 2.28. The molecule has 0 spiro atoms. The summed E-state index contributed by atoms with van der Waals surface area (Å²) in [6.07, 6.45) is 5.04. The first-order chi connectivity index (χ1) is 8.11. The predicted molar refractivity (Wildman–Crippen MR) is 60.3 cm³/mol. The van der Waals surface area contributed by atoms with E-state index in [9.17, 15) is 9.59 Å². The standard InChI is InChI=1S/C12H17NO4/c13-9-4-2-1-3-7-5-17-6-8(12(15)16)10(7)11(9)14/h1-2,7-10H,3-6,13H2,(H,15,16). The van der Waals surface area contributed by atoms with E-state index in [1.165, 1.54) is 0 Å². The molecule has 0 amide bonds. The maximum atomic E-state index is 12.2. The number of rotatable bonds is 1. The Labute approximate surface area is 99.6 Å². The summed E-state index contributed by atoms with van der Waals surface area (Å²) in [4.78, 5) is 23.3. The number of Topliss-reactive ketones (excluding diaryl/α,β-unsaturated/α-hetero) is 1. The second-order valence-corrected chi connectivity index (χ2v) is 4.72. The smallest absolute Gasteiger partial charge is 0.309 e. The first-order valence-electron chi connectivity index (χ1n) is 5.86. The van der Waals surface area contributed by atoms with E-state index in [2.05, 4.69) is 0 Å². The Morgan fingerprint density at radius 1 is 1.35 bits per heavy atom. The lowest BCUT2D eigenvalue weighted by atomic mass is 9.73. The molecule has 1 saturated heterocycles. The second kappa shape index (κ2) is 4.98. The lowest BCUT2D eigenvalue weighted by Gasteiger charge is -2.36. The topological polar surface area (TPSA) is 89.6 Å². The van der Waals surface area contributed by atoms with Crippen LogP contribution in [0.15, 0.2) is 12.2 Å². The molecule has 2 rings (SSSR count). The van der Waals surface area contributed by atoms with Crippen molar-refractivity contribution in [2.24, 2.45) is 23.5 Å². The number of ketones is 1. The van der Waals surface area contributed by atoms with Crippen LogP contribution >= 0.6 is 0 Å². The molecule has 0 saturated carbocycles. The van der Waals surface area contributed by atoms with Gasteiger partial charge in [0.2, 0.25) is 0 Å². The van der Waals surface area contributed by atoms with Gasteiger partial charge in [-0.05, 0) is 18.8 Å². The highest BCUT2D eigenvalue weighted by molar-refractivity contribution is 5.90. The number of carboxylic acids is 1. The third-order valence-electron chi connectivity index (χ3n) is 3.58. The Kier molecular flexibility index (Phi) is 3.59. The molecule has 5 heteroatoms. The lowest BCUT2D eigenvalue weighted by molar-refractivity contribution is -0.158. The number of nitrogens with two attached hydrogens (primary N) is 1. The van der Waals surface area contributed by atoms with Crippen molar-refractivity contribution in [2.45, 2.75) is 18.9 Å². The van der Waals surface area contributed by atoms with Crippen LogP contribution in [-0.4, -0.2) is 36.1 Å². The van der Waals surface area contributed by atoms with Crippen LogP contribution in [0.3, 0.4) is 0 Å². The molecule has 1 fully saturated rings. The number of carboxylic acid groups (broad SMARTS) is 1. The van der Waals surface area contributed by atoms with Crippen LogP contribution in [0.1, 0.15) is 12.8 Å². The minimum Gasteiger partial charge on any atom is -0.481 e. The fraction of sp³-hybridized carbons (Fsp3) is 0.667. The molecule has 0 aromatic carbocycles. The predicted octanol–water partition coefficient (Wildman–Crippen LogP) is 0.196. The van der Waals surface area contributed by atoms with Crippen LogP contribution in [-0.2, 0) is 14.3 Å². The highest BCUT2D eigenvalue weighted by Gasteiger charge is 2.43. The van der Waals surface area contributed by atoms with Crippen molar-refractivity contribution in [1.82, 2.24) is 0 Å². The van der Waals surface area contributed by atoms with Crippen molar-refractivity contribution in [2.75, 3.05) is 13.2 Å². The Morgan fingerprint density at radius 3 is 2.76 bits per heavy atom. The first kappa shape index (κ1) is 12.3. The largest absolute Gasteiger partial charge is 0.481 e. The van der Waals surface area contributed by atoms with Gasteiger partial charge in [-0.3, -0.25) is 9.59 Å². The molecule has 3 N–H and O–H groups in total. The lowest BCUT2D eigenvalue weighted by Crippen LogP contribution is -2.49. The highest BCUT2D eigenvalue weighted by Crippen LogP contribution is 2.33. The summed E-state index contributed by atoms with van der Waals surface area (Å²) >= 11 is 0. The van der Waals surface area contributed by atoms with Gasteiger partial charge in [-0.2, -0.15) is 0 Å². The molecule has 0 aromatic heterocycles. The Morgan fingerprint density at radius 2 is 2.06 bits per heavy atom. The molecule has 17 heavy (non-hydrogen) atoms. The first-order valence-corrected chi connectivity index (χ1v) is 5.86. The van der Waals surface area contributed by atoms with Gasteiger partial charge in [-0.25, -0.2) is 0 Å². The summed E-state index contributed by atoms with van der Waals surface area (Å²) in [6, 6.07) is -0.584. The van der Waals surface area contributed by atoms with Crippen molar-refractivity contribution in [3.8, 4) is 0 Å². The van der Waals surface area contributed by atoms with Gasteiger partial charge < -0.3 is 15.6 Å². The molecule has 4 atom stereocenters. The van der Waals surface area contributed by atoms with E-state index in [-0.39, 0.29) is 18.3 Å². The molecule has 1 aliphatic carbocycles. The molecule has 2 aliphatic rings. The van der Waals surface area contributed by atoms with E-state index in [0.29, 0.717) is 19.4 Å². The van der Waals surface area contributed by atoms with Gasteiger partial charge in [0.05, 0.1) is 25.2 Å². The van der Waals surface area contributed by atoms with Gasteiger partial charge in [-0.15, -0.1) is 0 Å². The summed E-state index contributed by atoms with van der Waals surface area (Å²) in [5.41, 5.74) is 5.78. The molecule has 0 radical (unpaired) electrons. The minimum absolute atomic E-state index is 0.0556. The van der Waals surface area contributed by atoms with Gasteiger partial charge in [0.25, 0.3) is 0 Å². The normalized spacial score (nSPS) is 38.1. The van der Waals surface area contributed by atoms with E-state index in [0.717, 1.165) is 0 Å². The van der Waals surface area contributed by atoms with Crippen LogP contribution in [0.25, 0.3) is 0 Å². The van der Waals surface area contributed by atoms with E-state index >= 15 is 0 Å². The Hall–Kier alpha value is -1.20. The number of carbonyl (C=O) groups is 2. The van der Waals surface area contributed by atoms with Crippen LogP contribution in [0.2, 0.25) is 0 Å². The average molecular weight is 239 g/mol. The van der Waals surface area contributed by atoms with Crippen LogP contribution < -0.4 is 5.73 Å². The number of fused-ring (bicyclic) bond motifs is 1. The Bertz CT molecular complexity index is 352. The molecule has 5 nitrogen and oxygen atoms in total. The number of carbonyl (C=O) groups excluding carboxylic acids is 1. The number of allylic oxidation sites excluding steroid dienone is 1. The molecular formula is C12H17NO4. The molecule has 0 aromatic rings. The summed E-state index contributed by atoms with van der Waals surface area (Å²) in [5, 5.41) is 9.15. The van der Waals surface area contributed by atoms with Crippen molar-refractivity contribution in [1.29, 1.82) is 0 Å². The van der Waals surface area contributed by atoms with Crippen molar-refractivity contribution in [3.63, 3.8) is 0 Å². The van der Waals surface area contributed by atoms with Crippen LogP contribution in [0.5, 0.6) is 0 Å². The van der Waals surface area contributed by atoms with Crippen molar-refractivity contribution < 1.29 is 19.4 Å². The summed E-state index contributed by atoms with van der Waals surface area (Å²) in [7, 11) is 0. The van der Waals surface area contributed by atoms with E-state index < -0.39 is 23.8 Å². The molecule has 0 bridgehead atoms. The number of ether oxygens (including phenoxy) is 1. The molecular weight excluding hydrogens is 222 g/mol. The number of aliphatic carboxylic acids is 1. The van der Waals surface area contributed by atoms with Crippen molar-refractivity contribution in [3.05, 3.63) is 12.2 Å². The van der Waals surface area contributed by atoms with Gasteiger partial charge in [0, 0.05) is 5.92 Å². The minimum atomic E-state index is -0.968. The third kappa shape index (κ3) is 2.40. The fourth-order valence-corrected chi connectivity index (χ4v) is 2.63. The zero-order chi connectivity index (χ0) is 12.4. The highest BCUT2D eigenvalue weighted by atomic mass is 16.5. The van der Waals surface area contributed by atoms with Gasteiger partial charge in [-0.1, -0.05) is 12.2 Å². The molecule has 1 heterocycles. The van der Waals surface area contributed by atoms with Gasteiger partial charge >= 0.3 is 5.97 Å². The zero-order valence-electron chi connectivity index (χ0n) is 9.54. The monoisotopic (exact) mass is 239 g/mol. The molecule has 94 valence electrons. The maximum absolute atomic E-state index is 12.2. The van der Waals surface area contributed by atoms with E-state index in [1.54, 1.807) is 0 Å². The van der Waals surface area contributed by atoms with Gasteiger partial charge in [0.15, 0.2) is 5.78 Å². The number of hydrogen-bond acceptors (Lipinski definition) is 4. The third-order valence-corrected chi connectivity index (χ3v) is 3.58. The average Bonchev–Trinajstić information content (AvgIpc) is 2.31. The van der Waals surface area contributed by atoms with Crippen molar-refractivity contribution >= 4 is 11.8 Å².